The van der Waals surface area contributed by atoms with Crippen molar-refractivity contribution in [3.63, 3.8) is 0 Å². The number of nitrogens with one attached hydrogen (secondary N) is 2. The number of anilines is 2. The Morgan fingerprint density at radius 1 is 1.13 bits per heavy atom. The quantitative estimate of drug-likeness (QED) is 0.634. The van der Waals surface area contributed by atoms with Crippen molar-refractivity contribution >= 4 is 39.9 Å². The highest BCUT2D eigenvalue weighted by Gasteiger charge is 2.31. The van der Waals surface area contributed by atoms with Gasteiger partial charge in [0.2, 0.25) is 5.91 Å². The molecule has 7 nitrogen and oxygen atoms in total. The molecule has 0 saturated carbocycles. The van der Waals surface area contributed by atoms with Gasteiger partial charge in [-0.3, -0.25) is 14.9 Å². The van der Waals surface area contributed by atoms with Gasteiger partial charge >= 0.3 is 5.97 Å². The molecule has 2 amide bonds. The molecule has 2 aliphatic heterocycles. The maximum atomic E-state index is 12.6. The first-order chi connectivity index (χ1) is 14.6. The van der Waals surface area contributed by atoms with Gasteiger partial charge in [0.25, 0.3) is 5.91 Å². The van der Waals surface area contributed by atoms with Gasteiger partial charge in [-0.15, -0.1) is 11.3 Å². The molecular weight excluding hydrogens is 402 g/mol. The average Bonchev–Trinajstić information content (AvgIpc) is 3.22. The molecule has 0 radical (unpaired) electrons. The first kappa shape index (κ1) is 18.5. The van der Waals surface area contributed by atoms with Crippen molar-refractivity contribution in [3.05, 3.63) is 64.5 Å². The number of thiazole rings is 1. The number of esters is 1. The molecule has 0 spiro atoms. The molecule has 0 saturated heterocycles. The lowest BCUT2D eigenvalue weighted by atomic mass is 9.98. The number of aromatic nitrogens is 1. The van der Waals surface area contributed by atoms with Crippen molar-refractivity contribution < 1.29 is 19.1 Å². The molecule has 3 aromatic rings. The number of rotatable bonds is 3. The van der Waals surface area contributed by atoms with Crippen molar-refractivity contribution in [2.45, 2.75) is 25.4 Å². The first-order valence-corrected chi connectivity index (χ1v) is 10.4. The zero-order chi connectivity index (χ0) is 20.7. The molecule has 3 heterocycles. The largest absolute Gasteiger partial charge is 0.448 e. The SMILES string of the molecule is O=C1CCc2cc(-c3csc(NC(=O)[C@H]4Cc5ccccc5C(=O)O4)n3)ccc2N1. The summed E-state index contributed by atoms with van der Waals surface area (Å²) in [4.78, 5) is 40.8. The number of hydrogen-bond donors (Lipinski definition) is 2. The summed E-state index contributed by atoms with van der Waals surface area (Å²) < 4.78 is 5.30. The highest BCUT2D eigenvalue weighted by Crippen LogP contribution is 2.31. The van der Waals surface area contributed by atoms with Crippen LogP contribution < -0.4 is 10.6 Å². The van der Waals surface area contributed by atoms with E-state index in [9.17, 15) is 14.4 Å². The third kappa shape index (κ3) is 3.46. The number of benzene rings is 2. The van der Waals surface area contributed by atoms with E-state index in [0.717, 1.165) is 28.1 Å². The zero-order valence-electron chi connectivity index (χ0n) is 15.8. The lowest BCUT2D eigenvalue weighted by molar-refractivity contribution is -0.125. The second-order valence-electron chi connectivity index (χ2n) is 7.20. The Morgan fingerprint density at radius 3 is 2.90 bits per heavy atom. The van der Waals surface area contributed by atoms with E-state index in [0.29, 0.717) is 30.0 Å². The van der Waals surface area contributed by atoms with Gasteiger partial charge in [-0.2, -0.15) is 0 Å². The van der Waals surface area contributed by atoms with Crippen LogP contribution in [0.4, 0.5) is 10.8 Å². The lowest BCUT2D eigenvalue weighted by Crippen LogP contribution is -2.37. The molecule has 0 bridgehead atoms. The highest BCUT2D eigenvalue weighted by molar-refractivity contribution is 7.14. The van der Waals surface area contributed by atoms with Gasteiger partial charge in [0.05, 0.1) is 11.3 Å². The van der Waals surface area contributed by atoms with E-state index in [2.05, 4.69) is 15.6 Å². The van der Waals surface area contributed by atoms with Crippen LogP contribution in [-0.4, -0.2) is 28.9 Å². The molecule has 5 rings (SSSR count). The van der Waals surface area contributed by atoms with Crippen LogP contribution in [-0.2, 0) is 27.2 Å². The van der Waals surface area contributed by atoms with Crippen LogP contribution in [0, 0.1) is 0 Å². The molecule has 2 N–H and O–H groups in total. The van der Waals surface area contributed by atoms with Gasteiger partial charge in [0.15, 0.2) is 11.2 Å². The van der Waals surface area contributed by atoms with Gasteiger partial charge in [-0.25, -0.2) is 9.78 Å². The van der Waals surface area contributed by atoms with Crippen LogP contribution in [0.25, 0.3) is 11.3 Å². The number of amides is 2. The Kier molecular flexibility index (Phi) is 4.55. The van der Waals surface area contributed by atoms with Gasteiger partial charge in [0.1, 0.15) is 0 Å². The van der Waals surface area contributed by atoms with E-state index < -0.39 is 18.0 Å². The van der Waals surface area contributed by atoms with E-state index >= 15 is 0 Å². The van der Waals surface area contributed by atoms with E-state index in [1.165, 1.54) is 11.3 Å². The summed E-state index contributed by atoms with van der Waals surface area (Å²) in [7, 11) is 0. The summed E-state index contributed by atoms with van der Waals surface area (Å²) in [5.41, 5.74) is 4.86. The van der Waals surface area contributed by atoms with Crippen LogP contribution in [0.5, 0.6) is 0 Å². The second kappa shape index (κ2) is 7.38. The van der Waals surface area contributed by atoms with E-state index in [4.69, 9.17) is 4.74 Å². The van der Waals surface area contributed by atoms with Crippen molar-refractivity contribution in [2.75, 3.05) is 10.6 Å². The molecule has 150 valence electrons. The summed E-state index contributed by atoms with van der Waals surface area (Å²) in [6.45, 7) is 0. The molecular formula is C22H17N3O4S. The van der Waals surface area contributed by atoms with Crippen LogP contribution in [0.1, 0.15) is 27.9 Å². The molecule has 8 heteroatoms. The second-order valence-corrected chi connectivity index (χ2v) is 8.06. The Labute approximate surface area is 176 Å². The Hall–Kier alpha value is -3.52. The van der Waals surface area contributed by atoms with E-state index in [1.807, 2.05) is 35.7 Å². The fourth-order valence-electron chi connectivity index (χ4n) is 3.67. The van der Waals surface area contributed by atoms with Crippen LogP contribution in [0.3, 0.4) is 0 Å². The summed E-state index contributed by atoms with van der Waals surface area (Å²) in [5, 5.41) is 7.92. The Balaban J connectivity index is 1.30. The van der Waals surface area contributed by atoms with Gasteiger partial charge in [0, 0.05) is 29.5 Å². The normalized spacial score (nSPS) is 17.4. The minimum absolute atomic E-state index is 0.0277. The molecule has 1 aromatic heterocycles. The van der Waals surface area contributed by atoms with Crippen molar-refractivity contribution in [1.29, 1.82) is 0 Å². The predicted octanol–water partition coefficient (Wildman–Crippen LogP) is 3.42. The van der Waals surface area contributed by atoms with Crippen LogP contribution >= 0.6 is 11.3 Å². The predicted molar refractivity (Wildman–Crippen MR) is 112 cm³/mol. The van der Waals surface area contributed by atoms with E-state index in [1.54, 1.807) is 12.1 Å². The minimum Gasteiger partial charge on any atom is -0.448 e. The molecule has 0 fully saturated rings. The topological polar surface area (TPSA) is 97.4 Å². The number of carbonyl (C=O) groups excluding carboxylic acids is 3. The number of hydrogen-bond acceptors (Lipinski definition) is 6. The number of ether oxygens (including phenoxy) is 1. The molecule has 2 aromatic carbocycles. The van der Waals surface area contributed by atoms with Gasteiger partial charge in [-0.1, -0.05) is 24.3 Å². The number of fused-ring (bicyclic) bond motifs is 2. The summed E-state index contributed by atoms with van der Waals surface area (Å²) in [6.07, 6.45) is 0.616. The monoisotopic (exact) mass is 419 g/mol. The standard InChI is InChI=1S/C22H17N3O4S/c26-19-8-6-13-9-14(5-7-16(13)23-19)17-11-30-22(24-17)25-20(27)18-10-12-3-1-2-4-15(12)21(28)29-18/h1-5,7,9,11,18H,6,8,10H2,(H,23,26)(H,24,25,27)/t18-/m1/s1. The van der Waals surface area contributed by atoms with Crippen molar-refractivity contribution in [2.24, 2.45) is 0 Å². The number of cyclic esters (lactones) is 1. The lowest BCUT2D eigenvalue weighted by Gasteiger charge is -2.23. The fraction of sp³-hybridized carbons (Fsp3) is 0.182. The number of carbonyl (C=O) groups is 3. The molecule has 0 unspecified atom stereocenters. The van der Waals surface area contributed by atoms with Crippen molar-refractivity contribution in [3.8, 4) is 11.3 Å². The summed E-state index contributed by atoms with van der Waals surface area (Å²) >= 11 is 1.31. The number of aryl methyl sites for hydroxylation is 1. The van der Waals surface area contributed by atoms with Crippen molar-refractivity contribution in [1.82, 2.24) is 4.98 Å². The average molecular weight is 419 g/mol. The van der Waals surface area contributed by atoms with E-state index in [-0.39, 0.29) is 5.91 Å². The molecule has 0 aliphatic carbocycles. The van der Waals surface area contributed by atoms with Crippen LogP contribution in [0.15, 0.2) is 47.8 Å². The highest BCUT2D eigenvalue weighted by atomic mass is 32.1. The van der Waals surface area contributed by atoms with Gasteiger partial charge < -0.3 is 10.1 Å². The maximum Gasteiger partial charge on any atom is 0.339 e. The molecule has 30 heavy (non-hydrogen) atoms. The zero-order valence-corrected chi connectivity index (χ0v) is 16.6. The first-order valence-electron chi connectivity index (χ1n) is 9.55. The Morgan fingerprint density at radius 2 is 2.00 bits per heavy atom. The van der Waals surface area contributed by atoms with Crippen LogP contribution in [0.2, 0.25) is 0 Å². The molecule has 2 aliphatic rings. The fourth-order valence-corrected chi connectivity index (χ4v) is 4.39. The summed E-state index contributed by atoms with van der Waals surface area (Å²) in [6, 6.07) is 12.9. The van der Waals surface area contributed by atoms with Gasteiger partial charge in [-0.05, 0) is 35.7 Å². The smallest absolute Gasteiger partial charge is 0.339 e. The minimum atomic E-state index is -0.882. The third-order valence-electron chi connectivity index (χ3n) is 5.22. The Bertz CT molecular complexity index is 1190. The number of nitrogens with zero attached hydrogens (tertiary/aromatic N) is 1. The third-order valence-corrected chi connectivity index (χ3v) is 5.97. The maximum absolute atomic E-state index is 12.6. The molecule has 1 atom stereocenters. The summed E-state index contributed by atoms with van der Waals surface area (Å²) in [5.74, 6) is -0.857.